The number of hydrogen-bond donors (Lipinski definition) is 0. The van der Waals surface area contributed by atoms with Crippen molar-refractivity contribution in [3.63, 3.8) is 0 Å². The van der Waals surface area contributed by atoms with E-state index in [1.165, 1.54) is 18.3 Å². The summed E-state index contributed by atoms with van der Waals surface area (Å²) >= 11 is 1.44. The normalized spacial score (nSPS) is 10.6. The van der Waals surface area contributed by atoms with E-state index in [1.54, 1.807) is 18.3 Å². The Morgan fingerprint density at radius 2 is 2.05 bits per heavy atom. The molecule has 5 nitrogen and oxygen atoms in total. The average Bonchev–Trinajstić information content (AvgIpc) is 2.53. The summed E-state index contributed by atoms with van der Waals surface area (Å²) in [5.74, 6) is -0.347. The summed E-state index contributed by atoms with van der Waals surface area (Å²) in [5.41, 5.74) is 1.17. The summed E-state index contributed by atoms with van der Waals surface area (Å²) < 4.78 is 5.78. The van der Waals surface area contributed by atoms with Gasteiger partial charge in [-0.15, -0.1) is 11.3 Å². The van der Waals surface area contributed by atoms with Crippen LogP contribution < -0.4 is 5.56 Å². The molecule has 2 heterocycles. The Bertz CT molecular complexity index is 888. The van der Waals surface area contributed by atoms with E-state index in [-0.39, 0.29) is 18.1 Å². The van der Waals surface area contributed by atoms with Gasteiger partial charge in [0.2, 0.25) is 0 Å². The van der Waals surface area contributed by atoms with Gasteiger partial charge < -0.3 is 4.74 Å². The highest BCUT2D eigenvalue weighted by Crippen LogP contribution is 2.25. The summed E-state index contributed by atoms with van der Waals surface area (Å²) in [4.78, 5) is 31.1. The fourth-order valence-electron chi connectivity index (χ4n) is 1.95. The van der Waals surface area contributed by atoms with Gasteiger partial charge in [0.05, 0.1) is 11.1 Å². The Labute approximate surface area is 130 Å². The van der Waals surface area contributed by atoms with Crippen molar-refractivity contribution in [3.8, 4) is 10.6 Å². The van der Waals surface area contributed by atoms with Crippen LogP contribution in [-0.2, 0) is 16.1 Å². The lowest BCUT2D eigenvalue weighted by atomic mass is 10.2. The molecule has 3 rings (SSSR count). The second kappa shape index (κ2) is 6.03. The van der Waals surface area contributed by atoms with E-state index in [0.29, 0.717) is 16.1 Å². The number of nitrogens with zero attached hydrogens (tertiary/aromatic N) is 2. The van der Waals surface area contributed by atoms with Crippen LogP contribution in [0.5, 0.6) is 0 Å². The molecule has 2 aromatic heterocycles. The minimum Gasteiger partial charge on any atom is -0.459 e. The molecule has 0 spiro atoms. The fraction of sp³-hybridized carbons (Fsp3) is 0.125. The standard InChI is InChI=1S/C16H12N2O3S/c1-10(19)21-9-12-7-6-11(8-17-12)16-18-15(20)13-4-2-3-5-14(13)22-16/h2-8H,9H2,1H3. The van der Waals surface area contributed by atoms with E-state index >= 15 is 0 Å². The number of benzene rings is 1. The van der Waals surface area contributed by atoms with Crippen molar-refractivity contribution >= 4 is 27.4 Å². The summed E-state index contributed by atoms with van der Waals surface area (Å²) in [5, 5.41) is 1.24. The van der Waals surface area contributed by atoms with Crippen LogP contribution in [0.15, 0.2) is 47.4 Å². The van der Waals surface area contributed by atoms with Gasteiger partial charge >= 0.3 is 5.97 Å². The minimum atomic E-state index is -0.347. The Hall–Kier alpha value is -2.60. The molecule has 0 aliphatic heterocycles. The Morgan fingerprint density at radius 1 is 1.23 bits per heavy atom. The molecule has 0 saturated heterocycles. The number of carbonyl (C=O) groups is 1. The predicted molar refractivity (Wildman–Crippen MR) is 84.6 cm³/mol. The maximum atomic E-state index is 12.0. The smallest absolute Gasteiger partial charge is 0.303 e. The topological polar surface area (TPSA) is 69.2 Å². The number of pyridine rings is 1. The first kappa shape index (κ1) is 14.3. The third-order valence-electron chi connectivity index (χ3n) is 3.02. The van der Waals surface area contributed by atoms with Crippen LogP contribution in [0.3, 0.4) is 0 Å². The van der Waals surface area contributed by atoms with Gasteiger partial charge in [0, 0.05) is 23.4 Å². The number of hydrogen-bond acceptors (Lipinski definition) is 6. The molecule has 0 aliphatic carbocycles. The lowest BCUT2D eigenvalue weighted by molar-refractivity contribution is -0.142. The van der Waals surface area contributed by atoms with Crippen molar-refractivity contribution in [1.82, 2.24) is 9.97 Å². The molecule has 0 unspecified atom stereocenters. The number of fused-ring (bicyclic) bond motifs is 1. The molecule has 3 aromatic rings. The van der Waals surface area contributed by atoms with Gasteiger partial charge in [0.15, 0.2) is 0 Å². The minimum absolute atomic E-state index is 0.136. The number of ether oxygens (including phenoxy) is 1. The maximum absolute atomic E-state index is 12.0. The first-order valence-corrected chi connectivity index (χ1v) is 7.44. The quantitative estimate of drug-likeness (QED) is 0.696. The SMILES string of the molecule is CC(=O)OCc1ccc(-c2nc(=O)c3ccccc3s2)cn1. The third-order valence-corrected chi connectivity index (χ3v) is 4.12. The van der Waals surface area contributed by atoms with Crippen LogP contribution in [0.25, 0.3) is 20.7 Å². The van der Waals surface area contributed by atoms with Crippen LogP contribution in [0, 0.1) is 0 Å². The molecule has 0 amide bonds. The number of esters is 1. The van der Waals surface area contributed by atoms with Crippen LogP contribution >= 0.6 is 11.3 Å². The van der Waals surface area contributed by atoms with Crippen molar-refractivity contribution in [2.24, 2.45) is 0 Å². The molecular formula is C16H12N2O3S. The molecular weight excluding hydrogens is 300 g/mol. The predicted octanol–water partition coefficient (Wildman–Crippen LogP) is 2.78. The molecule has 6 heteroatoms. The highest BCUT2D eigenvalue weighted by molar-refractivity contribution is 7.21. The van der Waals surface area contributed by atoms with E-state index in [1.807, 2.05) is 24.3 Å². The van der Waals surface area contributed by atoms with Crippen LogP contribution in [0.1, 0.15) is 12.6 Å². The van der Waals surface area contributed by atoms with Gasteiger partial charge in [-0.2, -0.15) is 4.98 Å². The monoisotopic (exact) mass is 312 g/mol. The molecule has 0 atom stereocenters. The Balaban J connectivity index is 1.94. The lowest BCUT2D eigenvalue weighted by Gasteiger charge is -2.04. The third kappa shape index (κ3) is 3.01. The summed E-state index contributed by atoms with van der Waals surface area (Å²) in [6.07, 6.45) is 1.63. The zero-order valence-corrected chi connectivity index (χ0v) is 12.6. The van der Waals surface area contributed by atoms with Gasteiger partial charge in [-0.1, -0.05) is 12.1 Å². The number of rotatable bonds is 3. The highest BCUT2D eigenvalue weighted by atomic mass is 32.1. The van der Waals surface area contributed by atoms with E-state index < -0.39 is 0 Å². The molecule has 0 radical (unpaired) electrons. The molecule has 0 fully saturated rings. The molecule has 0 saturated carbocycles. The van der Waals surface area contributed by atoms with Crippen LogP contribution in [-0.4, -0.2) is 15.9 Å². The second-order valence-electron chi connectivity index (χ2n) is 4.64. The average molecular weight is 312 g/mol. The molecule has 110 valence electrons. The van der Waals surface area contributed by atoms with E-state index in [4.69, 9.17) is 4.74 Å². The fourth-order valence-corrected chi connectivity index (χ4v) is 2.93. The Kier molecular flexibility index (Phi) is 3.93. The van der Waals surface area contributed by atoms with Gasteiger partial charge in [-0.05, 0) is 24.3 Å². The van der Waals surface area contributed by atoms with Crippen LogP contribution in [0.2, 0.25) is 0 Å². The zero-order valence-electron chi connectivity index (χ0n) is 11.8. The van der Waals surface area contributed by atoms with Crippen molar-refractivity contribution < 1.29 is 9.53 Å². The van der Waals surface area contributed by atoms with E-state index in [0.717, 1.165) is 10.3 Å². The first-order valence-electron chi connectivity index (χ1n) is 6.62. The van der Waals surface area contributed by atoms with Crippen molar-refractivity contribution in [2.45, 2.75) is 13.5 Å². The number of carbonyl (C=O) groups excluding carboxylic acids is 1. The first-order chi connectivity index (χ1) is 10.6. The summed E-state index contributed by atoms with van der Waals surface area (Å²) in [6, 6.07) is 11.0. The largest absolute Gasteiger partial charge is 0.459 e. The van der Waals surface area contributed by atoms with E-state index in [2.05, 4.69) is 9.97 Å². The number of aromatic nitrogens is 2. The second-order valence-corrected chi connectivity index (χ2v) is 5.67. The molecule has 0 N–H and O–H groups in total. The van der Waals surface area contributed by atoms with Gasteiger partial charge in [0.25, 0.3) is 5.56 Å². The van der Waals surface area contributed by atoms with E-state index in [9.17, 15) is 9.59 Å². The summed E-state index contributed by atoms with van der Waals surface area (Å²) in [6.45, 7) is 1.49. The van der Waals surface area contributed by atoms with Crippen molar-refractivity contribution in [3.05, 3.63) is 58.6 Å². The molecule has 0 bridgehead atoms. The lowest BCUT2D eigenvalue weighted by Crippen LogP contribution is -2.06. The van der Waals surface area contributed by atoms with Crippen molar-refractivity contribution in [1.29, 1.82) is 0 Å². The van der Waals surface area contributed by atoms with Gasteiger partial charge in [-0.3, -0.25) is 14.6 Å². The van der Waals surface area contributed by atoms with Crippen molar-refractivity contribution in [2.75, 3.05) is 0 Å². The molecule has 0 aliphatic rings. The molecule has 22 heavy (non-hydrogen) atoms. The Morgan fingerprint density at radius 3 is 2.77 bits per heavy atom. The van der Waals surface area contributed by atoms with Gasteiger partial charge in [0.1, 0.15) is 11.6 Å². The molecule has 1 aromatic carbocycles. The van der Waals surface area contributed by atoms with Crippen LogP contribution in [0.4, 0.5) is 0 Å². The summed E-state index contributed by atoms with van der Waals surface area (Å²) in [7, 11) is 0. The van der Waals surface area contributed by atoms with Gasteiger partial charge in [-0.25, -0.2) is 0 Å². The zero-order chi connectivity index (χ0) is 15.5. The maximum Gasteiger partial charge on any atom is 0.303 e. The highest BCUT2D eigenvalue weighted by Gasteiger charge is 2.07.